The fraction of sp³-hybridized carbons (Fsp3) is 0.189. The molecule has 2 atom stereocenters. The highest BCUT2D eigenvalue weighted by Crippen LogP contribution is 2.45. The second-order valence-electron chi connectivity index (χ2n) is 16.6. The summed E-state index contributed by atoms with van der Waals surface area (Å²) in [7, 11) is -3.00. The van der Waals surface area contributed by atoms with Gasteiger partial charge in [0.15, 0.2) is 6.23 Å². The van der Waals surface area contributed by atoms with Crippen LogP contribution in [0.3, 0.4) is 0 Å². The van der Waals surface area contributed by atoms with Crippen molar-refractivity contribution in [2.45, 2.75) is 43.7 Å². The van der Waals surface area contributed by atoms with Crippen LogP contribution in [0.1, 0.15) is 60.4 Å². The molecule has 0 aliphatic carbocycles. The summed E-state index contributed by atoms with van der Waals surface area (Å²) in [5.41, 5.74) is 9.86. The second kappa shape index (κ2) is 18.0. The molecule has 0 amide bonds. The molecule has 7 aromatic rings. The summed E-state index contributed by atoms with van der Waals surface area (Å²) in [6.45, 7) is 7.82. The van der Waals surface area contributed by atoms with Crippen LogP contribution in [-0.2, 0) is 14.7 Å². The predicted molar refractivity (Wildman–Crippen MR) is 248 cm³/mol. The Balaban J connectivity index is 1.29. The van der Waals surface area contributed by atoms with E-state index in [1.807, 2.05) is 30.3 Å². The Morgan fingerprint density at radius 1 is 0.694 bits per heavy atom. The smallest absolute Gasteiger partial charge is 0.351 e. The number of nitrogen functional groups attached to an aromatic ring is 1. The number of nitrogens with two attached hydrogens (primary N) is 1. The molecular formula is C53H49N5O3Si. The van der Waals surface area contributed by atoms with Crippen molar-refractivity contribution in [3.05, 3.63) is 226 Å². The Morgan fingerprint density at radius 3 is 1.63 bits per heavy atom. The van der Waals surface area contributed by atoms with E-state index >= 15 is 0 Å². The molecule has 8 rings (SSSR count). The first-order valence-corrected chi connectivity index (χ1v) is 22.8. The highest BCUT2D eigenvalue weighted by Gasteiger charge is 2.52. The highest BCUT2D eigenvalue weighted by atomic mass is 28.4. The Morgan fingerprint density at radius 2 is 1.16 bits per heavy atom. The van der Waals surface area contributed by atoms with Gasteiger partial charge in [-0.1, -0.05) is 184 Å². The summed E-state index contributed by atoms with van der Waals surface area (Å²) in [5, 5.41) is 11.3. The van der Waals surface area contributed by atoms with Crippen LogP contribution < -0.4 is 21.8 Å². The SMILES string of the molecule is CC(C)(C)[Si](OC[C@@H]1CN(C(c2ccccc2)(c2ccccc2)c2ccccc2)C[C@H](n2cc(C#Cc3ccc(C#N)cc3)c(N)nc2=O)O1)(c1ccccc1)c1ccccc1. The number of benzene rings is 6. The van der Waals surface area contributed by atoms with Crippen LogP contribution >= 0.6 is 0 Å². The monoisotopic (exact) mass is 831 g/mol. The topological polar surface area (TPSA) is 106 Å². The third-order valence-electron chi connectivity index (χ3n) is 11.7. The first kappa shape index (κ1) is 41.9. The van der Waals surface area contributed by atoms with Crippen molar-refractivity contribution in [1.82, 2.24) is 14.5 Å². The largest absolute Gasteiger partial charge is 0.405 e. The molecule has 0 radical (unpaired) electrons. The van der Waals surface area contributed by atoms with E-state index < -0.39 is 31.9 Å². The molecule has 0 saturated carbocycles. The van der Waals surface area contributed by atoms with Crippen LogP contribution in [0, 0.1) is 23.2 Å². The lowest BCUT2D eigenvalue weighted by atomic mass is 9.75. The van der Waals surface area contributed by atoms with E-state index in [1.54, 1.807) is 30.5 Å². The molecule has 1 aliphatic rings. The number of hydrogen-bond donors (Lipinski definition) is 1. The summed E-state index contributed by atoms with van der Waals surface area (Å²) in [6.07, 6.45) is 0.330. The average Bonchev–Trinajstić information content (AvgIpc) is 3.31. The van der Waals surface area contributed by atoms with Gasteiger partial charge in [0.05, 0.1) is 35.4 Å². The van der Waals surface area contributed by atoms with Gasteiger partial charge in [-0.2, -0.15) is 10.2 Å². The maximum atomic E-state index is 14.1. The van der Waals surface area contributed by atoms with E-state index in [0.29, 0.717) is 29.8 Å². The van der Waals surface area contributed by atoms with Crippen molar-refractivity contribution in [3.63, 3.8) is 0 Å². The Kier molecular flexibility index (Phi) is 12.2. The van der Waals surface area contributed by atoms with Gasteiger partial charge in [-0.15, -0.1) is 0 Å². The van der Waals surface area contributed by atoms with Crippen LogP contribution in [0.2, 0.25) is 5.04 Å². The normalized spacial score (nSPS) is 15.8. The fourth-order valence-electron chi connectivity index (χ4n) is 8.95. The molecule has 1 fully saturated rings. The highest BCUT2D eigenvalue weighted by molar-refractivity contribution is 6.99. The molecule has 2 N–H and O–H groups in total. The molecule has 2 heterocycles. The zero-order valence-electron chi connectivity index (χ0n) is 35.2. The molecular weight excluding hydrogens is 783 g/mol. The molecule has 0 unspecified atom stereocenters. The van der Waals surface area contributed by atoms with Gasteiger partial charge in [0.2, 0.25) is 0 Å². The molecule has 1 saturated heterocycles. The van der Waals surface area contributed by atoms with Gasteiger partial charge < -0.3 is 14.9 Å². The minimum Gasteiger partial charge on any atom is -0.405 e. The third-order valence-corrected chi connectivity index (χ3v) is 16.8. The van der Waals surface area contributed by atoms with Gasteiger partial charge in [-0.25, -0.2) is 4.79 Å². The molecule has 8 nitrogen and oxygen atoms in total. The molecule has 0 spiro atoms. The van der Waals surface area contributed by atoms with E-state index in [9.17, 15) is 10.1 Å². The van der Waals surface area contributed by atoms with Crippen molar-refractivity contribution >= 4 is 24.5 Å². The van der Waals surface area contributed by atoms with Gasteiger partial charge >= 0.3 is 5.69 Å². The van der Waals surface area contributed by atoms with E-state index in [2.05, 4.69) is 170 Å². The van der Waals surface area contributed by atoms with Crippen molar-refractivity contribution in [2.24, 2.45) is 0 Å². The second-order valence-corrected chi connectivity index (χ2v) is 20.9. The number of ether oxygens (including phenoxy) is 1. The zero-order valence-corrected chi connectivity index (χ0v) is 36.2. The number of rotatable bonds is 10. The van der Waals surface area contributed by atoms with Gasteiger partial charge in [0.25, 0.3) is 8.32 Å². The number of hydrogen-bond acceptors (Lipinski definition) is 7. The lowest BCUT2D eigenvalue weighted by molar-refractivity contribution is -0.149. The van der Waals surface area contributed by atoms with Gasteiger partial charge in [-0.05, 0) is 56.4 Å². The van der Waals surface area contributed by atoms with Gasteiger partial charge in [0.1, 0.15) is 5.82 Å². The standard InChI is InChI=1S/C53H49N5O3Si/c1-52(2,3)62(47-25-15-7-16-26-47,48-27-17-8-18-28-48)60-39-46-37-57(53(43-19-9-4-10-20-43,44-21-11-5-12-22-44)45-23-13-6-14-24-45)38-49(61-46)58-36-42(50(55)56-51(58)59)34-33-40-29-31-41(35-54)32-30-40/h4-32,36,46,49H,37-39H2,1-3H3,(H2,55,56,59)/t46-,49+/m0/s1. The predicted octanol–water partition coefficient (Wildman–Crippen LogP) is 7.87. The summed E-state index contributed by atoms with van der Waals surface area (Å²) in [5.74, 6) is 6.29. The average molecular weight is 832 g/mol. The van der Waals surface area contributed by atoms with Crippen molar-refractivity contribution in [2.75, 3.05) is 25.4 Å². The van der Waals surface area contributed by atoms with Gasteiger partial charge in [-0.3, -0.25) is 9.47 Å². The van der Waals surface area contributed by atoms with Crippen molar-refractivity contribution in [3.8, 4) is 17.9 Å². The zero-order chi connectivity index (χ0) is 43.2. The molecule has 1 aliphatic heterocycles. The number of anilines is 1. The number of morpholine rings is 1. The number of nitriles is 1. The van der Waals surface area contributed by atoms with E-state index in [0.717, 1.165) is 16.7 Å². The minimum atomic E-state index is -3.00. The van der Waals surface area contributed by atoms with Crippen molar-refractivity contribution in [1.29, 1.82) is 5.26 Å². The van der Waals surface area contributed by atoms with E-state index in [1.165, 1.54) is 14.9 Å². The van der Waals surface area contributed by atoms with E-state index in [-0.39, 0.29) is 17.5 Å². The Labute approximate surface area is 365 Å². The van der Waals surface area contributed by atoms with Crippen LogP contribution in [0.4, 0.5) is 5.82 Å². The van der Waals surface area contributed by atoms with Crippen LogP contribution in [0.15, 0.2) is 187 Å². The van der Waals surface area contributed by atoms with Crippen LogP contribution in [0.25, 0.3) is 0 Å². The Bertz CT molecular complexity index is 2630. The Hall–Kier alpha value is -6.85. The summed E-state index contributed by atoms with van der Waals surface area (Å²) >= 11 is 0. The quantitative estimate of drug-likeness (QED) is 0.0850. The summed E-state index contributed by atoms with van der Waals surface area (Å²) in [6, 6.07) is 61.9. The lowest BCUT2D eigenvalue weighted by Crippen LogP contribution is -2.67. The van der Waals surface area contributed by atoms with E-state index in [4.69, 9.17) is 14.9 Å². The molecule has 0 bridgehead atoms. The molecule has 1 aromatic heterocycles. The molecule has 6 aromatic carbocycles. The number of nitrogens with zero attached hydrogens (tertiary/aromatic N) is 4. The van der Waals surface area contributed by atoms with Crippen LogP contribution in [0.5, 0.6) is 0 Å². The fourth-order valence-corrected chi connectivity index (χ4v) is 13.5. The summed E-state index contributed by atoms with van der Waals surface area (Å²) < 4.78 is 16.2. The third kappa shape index (κ3) is 8.15. The number of aromatic nitrogens is 2. The van der Waals surface area contributed by atoms with Crippen molar-refractivity contribution < 1.29 is 9.16 Å². The molecule has 62 heavy (non-hydrogen) atoms. The summed E-state index contributed by atoms with van der Waals surface area (Å²) in [4.78, 5) is 20.8. The first-order chi connectivity index (χ1) is 30.1. The first-order valence-electron chi connectivity index (χ1n) is 20.9. The van der Waals surface area contributed by atoms with Crippen LogP contribution in [-0.4, -0.2) is 48.6 Å². The maximum Gasteiger partial charge on any atom is 0.351 e. The minimum absolute atomic E-state index is 0.0267. The lowest BCUT2D eigenvalue weighted by Gasteiger charge is -2.51. The molecule has 9 heteroatoms. The molecule has 308 valence electrons. The van der Waals surface area contributed by atoms with Gasteiger partial charge in [0, 0.05) is 24.8 Å². The maximum absolute atomic E-state index is 14.1.